The van der Waals surface area contributed by atoms with Gasteiger partial charge in [-0.05, 0) is 63.4 Å². The van der Waals surface area contributed by atoms with Crippen LogP contribution in [0.5, 0.6) is 5.75 Å². The Hall–Kier alpha value is -1.86. The van der Waals surface area contributed by atoms with Crippen molar-refractivity contribution in [3.63, 3.8) is 0 Å². The van der Waals surface area contributed by atoms with E-state index >= 15 is 0 Å². The van der Waals surface area contributed by atoms with Crippen LogP contribution in [-0.2, 0) is 17.9 Å². The van der Waals surface area contributed by atoms with Crippen LogP contribution in [0.25, 0.3) is 0 Å². The number of Topliss-reactive ketones (excluding diaryl/α,β-unsaturated/α-hetero) is 1. The molecule has 0 unspecified atom stereocenters. The Bertz CT molecular complexity index is 839. The average molecular weight is 415 g/mol. The van der Waals surface area contributed by atoms with Crippen LogP contribution in [0.4, 0.5) is 0 Å². The van der Waals surface area contributed by atoms with Crippen LogP contribution < -0.4 is 9.46 Å². The van der Waals surface area contributed by atoms with Gasteiger partial charge in [-0.2, -0.15) is 0 Å². The number of nitrogens with one attached hydrogen (secondary N) is 1. The number of likely N-dealkylation sites (tertiary alicyclic amines) is 1. The maximum absolute atomic E-state index is 12.7. The first-order chi connectivity index (χ1) is 13.8. The van der Waals surface area contributed by atoms with E-state index in [1.54, 1.807) is 13.0 Å². The minimum absolute atomic E-state index is 0.00166. The number of carbonyl (C=O) groups is 1. The molecule has 0 aromatic heterocycles. The molecular formula is C23H30N2O3S. The summed E-state index contributed by atoms with van der Waals surface area (Å²) in [5.41, 5.74) is 2.79. The van der Waals surface area contributed by atoms with Gasteiger partial charge in [-0.25, -0.2) is 0 Å². The van der Waals surface area contributed by atoms with Crippen molar-refractivity contribution in [3.8, 4) is 5.75 Å². The molecule has 1 saturated heterocycles. The third-order valence-electron chi connectivity index (χ3n) is 5.05. The van der Waals surface area contributed by atoms with Gasteiger partial charge in [-0.3, -0.25) is 9.69 Å². The molecule has 0 aliphatic carbocycles. The van der Waals surface area contributed by atoms with Crippen LogP contribution in [0.3, 0.4) is 0 Å². The van der Waals surface area contributed by atoms with Crippen molar-refractivity contribution in [2.45, 2.75) is 57.7 Å². The highest BCUT2D eigenvalue weighted by molar-refractivity contribution is 7.89. The largest absolute Gasteiger partial charge is 0.593 e. The molecule has 1 aliphatic heterocycles. The molecule has 1 N–H and O–H groups in total. The van der Waals surface area contributed by atoms with E-state index in [-0.39, 0.29) is 17.9 Å². The second-order valence-electron chi connectivity index (χ2n) is 7.95. The number of aryl methyl sites for hydroxylation is 1. The van der Waals surface area contributed by atoms with Gasteiger partial charge in [0, 0.05) is 31.3 Å². The van der Waals surface area contributed by atoms with Crippen molar-refractivity contribution in [1.29, 1.82) is 0 Å². The summed E-state index contributed by atoms with van der Waals surface area (Å²) < 4.78 is 21.7. The second-order valence-corrected chi connectivity index (χ2v) is 9.20. The van der Waals surface area contributed by atoms with Gasteiger partial charge in [-0.15, -0.1) is 4.72 Å². The van der Waals surface area contributed by atoms with E-state index in [9.17, 15) is 9.35 Å². The van der Waals surface area contributed by atoms with Gasteiger partial charge in [0.2, 0.25) is 0 Å². The molecule has 2 aromatic rings. The van der Waals surface area contributed by atoms with E-state index < -0.39 is 11.4 Å². The Morgan fingerprint density at radius 1 is 1.28 bits per heavy atom. The number of carbonyl (C=O) groups excluding carboxylic acids is 1. The molecule has 29 heavy (non-hydrogen) atoms. The molecule has 3 rings (SSSR count). The van der Waals surface area contributed by atoms with Crippen molar-refractivity contribution < 1.29 is 14.1 Å². The number of benzene rings is 2. The maximum Gasteiger partial charge on any atom is 0.174 e. The first kappa shape index (κ1) is 21.8. The van der Waals surface area contributed by atoms with Crippen molar-refractivity contribution in [2.24, 2.45) is 0 Å². The summed E-state index contributed by atoms with van der Waals surface area (Å²) >= 11 is -1.32. The number of hydrogen-bond donors (Lipinski definition) is 1. The standard InChI is InChI=1S/C23H30N2O3S/c1-16(2)28-21-8-6-19(7-9-21)14-25-12-11-20(15-25)24-29(27)22-10-5-17(3)23(13-22)18(4)26/h5-10,13,16,20,24H,11-12,14-15H2,1-4H3/t20-,29+/m1/s1. The fourth-order valence-electron chi connectivity index (χ4n) is 3.59. The summed E-state index contributed by atoms with van der Waals surface area (Å²) in [6, 6.07) is 13.8. The van der Waals surface area contributed by atoms with Crippen LogP contribution in [-0.4, -0.2) is 40.5 Å². The van der Waals surface area contributed by atoms with Gasteiger partial charge < -0.3 is 9.29 Å². The Morgan fingerprint density at radius 3 is 2.66 bits per heavy atom. The topological polar surface area (TPSA) is 64.6 Å². The summed E-state index contributed by atoms with van der Waals surface area (Å²) in [4.78, 5) is 14.8. The average Bonchev–Trinajstić information content (AvgIpc) is 3.09. The summed E-state index contributed by atoms with van der Waals surface area (Å²) in [7, 11) is 0. The molecule has 5 nitrogen and oxygen atoms in total. The van der Waals surface area contributed by atoms with Crippen molar-refractivity contribution >= 4 is 17.1 Å². The summed E-state index contributed by atoms with van der Waals surface area (Å²) in [5, 5.41) is 0. The highest BCUT2D eigenvalue weighted by Crippen LogP contribution is 2.20. The minimum atomic E-state index is -1.32. The molecule has 2 aromatic carbocycles. The van der Waals surface area contributed by atoms with Gasteiger partial charge in [0.15, 0.2) is 10.7 Å². The second kappa shape index (κ2) is 9.76. The normalized spacial score (nSPS) is 18.2. The number of hydrogen-bond acceptors (Lipinski definition) is 5. The molecule has 2 atom stereocenters. The van der Waals surface area contributed by atoms with Crippen LogP contribution in [0.2, 0.25) is 0 Å². The van der Waals surface area contributed by atoms with Crippen molar-refractivity contribution in [3.05, 3.63) is 59.2 Å². The van der Waals surface area contributed by atoms with Gasteiger partial charge in [0.25, 0.3) is 0 Å². The van der Waals surface area contributed by atoms with Crippen molar-refractivity contribution in [2.75, 3.05) is 13.1 Å². The zero-order chi connectivity index (χ0) is 21.0. The van der Waals surface area contributed by atoms with Gasteiger partial charge in [-0.1, -0.05) is 18.2 Å². The lowest BCUT2D eigenvalue weighted by Crippen LogP contribution is -2.37. The zero-order valence-corrected chi connectivity index (χ0v) is 18.4. The summed E-state index contributed by atoms with van der Waals surface area (Å²) in [5.74, 6) is 0.890. The molecule has 1 fully saturated rings. The van der Waals surface area contributed by atoms with E-state index in [4.69, 9.17) is 4.74 Å². The van der Waals surface area contributed by atoms with E-state index in [1.807, 2.05) is 45.0 Å². The number of nitrogens with zero attached hydrogens (tertiary/aromatic N) is 1. The highest BCUT2D eigenvalue weighted by Gasteiger charge is 2.27. The van der Waals surface area contributed by atoms with Gasteiger partial charge in [0.05, 0.1) is 23.5 Å². The molecular weight excluding hydrogens is 384 g/mol. The van der Waals surface area contributed by atoms with E-state index in [0.29, 0.717) is 10.5 Å². The predicted molar refractivity (Wildman–Crippen MR) is 117 cm³/mol. The van der Waals surface area contributed by atoms with Crippen LogP contribution in [0, 0.1) is 6.92 Å². The lowest BCUT2D eigenvalue weighted by atomic mass is 10.1. The Balaban J connectivity index is 1.53. The minimum Gasteiger partial charge on any atom is -0.593 e. The Kier molecular flexibility index (Phi) is 7.35. The molecule has 0 spiro atoms. The number of rotatable bonds is 8. The van der Waals surface area contributed by atoms with E-state index in [2.05, 4.69) is 21.8 Å². The van der Waals surface area contributed by atoms with Crippen molar-refractivity contribution in [1.82, 2.24) is 9.62 Å². The molecule has 0 radical (unpaired) electrons. The maximum atomic E-state index is 12.7. The quantitative estimate of drug-likeness (QED) is 0.525. The van der Waals surface area contributed by atoms with Crippen LogP contribution in [0.15, 0.2) is 47.4 Å². The van der Waals surface area contributed by atoms with Gasteiger partial charge >= 0.3 is 0 Å². The zero-order valence-electron chi connectivity index (χ0n) is 17.6. The first-order valence-corrected chi connectivity index (χ1v) is 11.2. The Labute approximate surface area is 176 Å². The number of ether oxygens (including phenoxy) is 1. The lowest BCUT2D eigenvalue weighted by molar-refractivity contribution is 0.101. The SMILES string of the molecule is CC(=O)c1cc([S@+]([O-])N[C@@H]2CCN(Cc3ccc(OC(C)C)cc3)C2)ccc1C. The predicted octanol–water partition coefficient (Wildman–Crippen LogP) is 3.87. The summed E-state index contributed by atoms with van der Waals surface area (Å²) in [6.45, 7) is 10.2. The third kappa shape index (κ3) is 6.06. The molecule has 0 bridgehead atoms. The first-order valence-electron chi connectivity index (χ1n) is 10.1. The molecule has 6 heteroatoms. The van der Waals surface area contributed by atoms with E-state index in [1.165, 1.54) is 5.56 Å². The lowest BCUT2D eigenvalue weighted by Gasteiger charge is -2.18. The summed E-state index contributed by atoms with van der Waals surface area (Å²) in [6.07, 6.45) is 1.12. The molecule has 156 valence electrons. The third-order valence-corrected chi connectivity index (χ3v) is 6.28. The fraction of sp³-hybridized carbons (Fsp3) is 0.435. The highest BCUT2D eigenvalue weighted by atomic mass is 32.2. The number of ketones is 1. The van der Waals surface area contributed by atoms with Crippen LogP contribution >= 0.6 is 0 Å². The molecule has 1 aliphatic rings. The van der Waals surface area contributed by atoms with E-state index in [0.717, 1.165) is 37.4 Å². The smallest absolute Gasteiger partial charge is 0.174 e. The molecule has 0 saturated carbocycles. The Morgan fingerprint density at radius 2 is 2.00 bits per heavy atom. The van der Waals surface area contributed by atoms with Gasteiger partial charge in [0.1, 0.15) is 5.75 Å². The molecule has 0 amide bonds. The fourth-order valence-corrected chi connectivity index (χ4v) is 4.64. The van der Waals surface area contributed by atoms with Crippen LogP contribution in [0.1, 0.15) is 48.7 Å². The molecule has 1 heterocycles. The monoisotopic (exact) mass is 414 g/mol.